The molecule has 2 unspecified atom stereocenters. The Kier molecular flexibility index (Phi) is 4.91. The zero-order valence-electron chi connectivity index (χ0n) is 19.6. The summed E-state index contributed by atoms with van der Waals surface area (Å²) >= 11 is 0. The van der Waals surface area contributed by atoms with Crippen LogP contribution in [0, 0.1) is 5.92 Å². The second kappa shape index (κ2) is 7.62. The highest BCUT2D eigenvalue weighted by Gasteiger charge is 2.69. The third kappa shape index (κ3) is 3.04. The minimum Gasteiger partial charge on any atom is -0.493 e. The summed E-state index contributed by atoms with van der Waals surface area (Å²) in [4.78, 5) is 25.5. The summed E-state index contributed by atoms with van der Waals surface area (Å²) in [6.45, 7) is 1.14. The van der Waals surface area contributed by atoms with Gasteiger partial charge in [-0.25, -0.2) is 4.79 Å². The van der Waals surface area contributed by atoms with Crippen LogP contribution in [0.2, 0.25) is 0 Å². The molecule has 7 nitrogen and oxygen atoms in total. The largest absolute Gasteiger partial charge is 0.512 e. The van der Waals surface area contributed by atoms with Crippen molar-refractivity contribution in [1.82, 2.24) is 0 Å². The molecule has 1 saturated heterocycles. The molecular weight excluding hydrogens is 422 g/mol. The zero-order valence-corrected chi connectivity index (χ0v) is 19.6. The number of likely N-dealkylation sites (tertiary alicyclic amines) is 1. The summed E-state index contributed by atoms with van der Waals surface area (Å²) in [5.41, 5.74) is 2.18. The molecule has 2 heterocycles. The number of methoxy groups -OCH3 is 1. The second-order valence-electron chi connectivity index (χ2n) is 10.9. The number of piperidine rings is 1. The van der Waals surface area contributed by atoms with Crippen LogP contribution >= 0.6 is 0 Å². The van der Waals surface area contributed by atoms with E-state index in [1.165, 1.54) is 17.5 Å². The first-order valence-corrected chi connectivity index (χ1v) is 12.5. The van der Waals surface area contributed by atoms with Gasteiger partial charge in [0.15, 0.2) is 23.4 Å². The first kappa shape index (κ1) is 21.3. The van der Waals surface area contributed by atoms with Crippen LogP contribution in [0.4, 0.5) is 4.79 Å². The molecule has 7 heteroatoms. The Morgan fingerprint density at radius 1 is 1.21 bits per heavy atom. The fourth-order valence-electron chi connectivity index (χ4n) is 7.66. The predicted octanol–water partition coefficient (Wildman–Crippen LogP) is 3.89. The van der Waals surface area contributed by atoms with E-state index in [1.807, 2.05) is 6.07 Å². The van der Waals surface area contributed by atoms with E-state index in [2.05, 4.69) is 13.1 Å². The number of hydrogen-bond donors (Lipinski definition) is 0. The molecule has 1 aromatic carbocycles. The van der Waals surface area contributed by atoms with Gasteiger partial charge in [0.1, 0.15) is 6.10 Å². The van der Waals surface area contributed by atoms with Crippen molar-refractivity contribution >= 4 is 11.9 Å². The van der Waals surface area contributed by atoms with E-state index in [1.54, 1.807) is 7.11 Å². The van der Waals surface area contributed by atoms with Gasteiger partial charge in [-0.1, -0.05) is 12.5 Å². The van der Waals surface area contributed by atoms with Crippen LogP contribution in [0.3, 0.4) is 0 Å². The van der Waals surface area contributed by atoms with Gasteiger partial charge < -0.3 is 18.9 Å². The molecule has 0 aromatic heterocycles. The minimum absolute atomic E-state index is 0.00288. The number of hydrogen-bond acceptors (Lipinski definition) is 6. The Labute approximate surface area is 194 Å². The molecule has 5 aliphatic rings. The van der Waals surface area contributed by atoms with E-state index < -0.39 is 12.3 Å². The lowest BCUT2D eigenvalue weighted by atomic mass is 9.51. The van der Waals surface area contributed by atoms with E-state index in [-0.39, 0.29) is 23.3 Å². The molecule has 6 rings (SSSR count). The third-order valence-electron chi connectivity index (χ3n) is 9.28. The maximum Gasteiger partial charge on any atom is 0.512 e. The van der Waals surface area contributed by atoms with Gasteiger partial charge in [0.25, 0.3) is 0 Å². The lowest BCUT2D eigenvalue weighted by Gasteiger charge is -2.59. The summed E-state index contributed by atoms with van der Waals surface area (Å²) < 4.78 is 24.0. The van der Waals surface area contributed by atoms with Crippen LogP contribution in [-0.4, -0.2) is 62.1 Å². The molecule has 0 radical (unpaired) electrons. The maximum absolute atomic E-state index is 13.0. The summed E-state index contributed by atoms with van der Waals surface area (Å²) in [6, 6.07) is 4.37. The van der Waals surface area contributed by atoms with Crippen molar-refractivity contribution in [3.05, 3.63) is 23.3 Å². The highest BCUT2D eigenvalue weighted by atomic mass is 16.7. The molecule has 1 aromatic rings. The lowest BCUT2D eigenvalue weighted by Crippen LogP contribution is -2.72. The van der Waals surface area contributed by atoms with Crippen molar-refractivity contribution < 1.29 is 33.0 Å². The third-order valence-corrected chi connectivity index (χ3v) is 9.28. The summed E-state index contributed by atoms with van der Waals surface area (Å²) in [7, 11) is 3.85. The van der Waals surface area contributed by atoms with Crippen LogP contribution < -0.4 is 9.47 Å². The van der Waals surface area contributed by atoms with Gasteiger partial charge in [-0.15, -0.1) is 0 Å². The van der Waals surface area contributed by atoms with E-state index in [0.717, 1.165) is 63.0 Å². The summed E-state index contributed by atoms with van der Waals surface area (Å²) in [5.74, 6) is 2.03. The smallest absolute Gasteiger partial charge is 0.493 e. The second-order valence-corrected chi connectivity index (χ2v) is 10.9. The van der Waals surface area contributed by atoms with E-state index in [4.69, 9.17) is 18.9 Å². The molecule has 2 bridgehead atoms. The number of likely N-dealkylation sites (N-methyl/N-ethyl adjacent to an activating group) is 1. The van der Waals surface area contributed by atoms with E-state index in [0.29, 0.717) is 23.6 Å². The minimum atomic E-state index is -0.536. The summed E-state index contributed by atoms with van der Waals surface area (Å²) in [5, 5.41) is 0. The van der Waals surface area contributed by atoms with Crippen molar-refractivity contribution in [2.75, 3.05) is 27.4 Å². The normalized spacial score (nSPS) is 36.5. The van der Waals surface area contributed by atoms with Crippen molar-refractivity contribution in [2.45, 2.75) is 81.5 Å². The fourth-order valence-corrected chi connectivity index (χ4v) is 7.66. The van der Waals surface area contributed by atoms with Crippen LogP contribution in [0.25, 0.3) is 0 Å². The van der Waals surface area contributed by atoms with Gasteiger partial charge in [-0.05, 0) is 43.7 Å². The predicted molar refractivity (Wildman–Crippen MR) is 119 cm³/mol. The topological polar surface area (TPSA) is 71.1 Å². The average Bonchev–Trinajstić information content (AvgIpc) is 3.18. The molecule has 5 atom stereocenters. The molecule has 3 fully saturated rings. The molecule has 2 saturated carbocycles. The SMILES string of the molecule is COc1ccc2c3c1O[C@H]1C(=O)CC[C@H]4C(C2)[N+](C)(COC(=O)OC2CCCCC2)CC[C@]314. The zero-order chi connectivity index (χ0) is 22.8. The van der Waals surface area contributed by atoms with E-state index in [9.17, 15) is 9.59 Å². The monoisotopic (exact) mass is 456 g/mol. The van der Waals surface area contributed by atoms with Gasteiger partial charge in [-0.2, -0.15) is 0 Å². The number of ether oxygens (including phenoxy) is 4. The average molecular weight is 457 g/mol. The Hall–Kier alpha value is -2.28. The molecule has 0 N–H and O–H groups in total. The maximum atomic E-state index is 13.0. The van der Waals surface area contributed by atoms with Gasteiger partial charge in [0, 0.05) is 30.7 Å². The molecule has 2 aliphatic heterocycles. The number of Topliss-reactive ketones (excluding diaryl/α,β-unsaturated/α-hetero) is 1. The standard InChI is InChI=1S/C26H34NO6/c1-27(15-31-25(29)32-17-6-4-3-5-7-17)13-12-26-18-9-10-20(28)24(26)33-23-21(30-2)11-8-16(22(23)26)14-19(18)27/h8,11,17-19,24H,3-7,9-10,12-15H2,1-2H3/q+1/t18-,19?,24-,26-,27?/m0/s1. The first-order chi connectivity index (χ1) is 16.0. The molecule has 0 amide bonds. The number of quaternary nitrogens is 1. The van der Waals surface area contributed by atoms with Gasteiger partial charge in [0.2, 0.25) is 6.73 Å². The number of rotatable bonds is 4. The van der Waals surface area contributed by atoms with Crippen LogP contribution in [0.15, 0.2) is 12.1 Å². The number of carbonyl (C=O) groups excluding carboxylic acids is 2. The fraction of sp³-hybridized carbons (Fsp3) is 0.692. The molecular formula is C26H34NO6+. The van der Waals surface area contributed by atoms with Gasteiger partial charge >= 0.3 is 6.16 Å². The number of carbonyl (C=O) groups is 2. The van der Waals surface area contributed by atoms with Crippen LogP contribution in [0.5, 0.6) is 11.5 Å². The number of nitrogens with zero attached hydrogens (tertiary/aromatic N) is 1. The molecule has 3 aliphatic carbocycles. The molecule has 33 heavy (non-hydrogen) atoms. The number of ketones is 1. The van der Waals surface area contributed by atoms with E-state index >= 15 is 0 Å². The van der Waals surface area contributed by atoms with Crippen LogP contribution in [-0.2, 0) is 26.1 Å². The van der Waals surface area contributed by atoms with Crippen molar-refractivity contribution in [3.8, 4) is 11.5 Å². The Morgan fingerprint density at radius 2 is 2.03 bits per heavy atom. The van der Waals surface area contributed by atoms with Crippen LogP contribution in [0.1, 0.15) is 62.5 Å². The van der Waals surface area contributed by atoms with Gasteiger partial charge in [-0.3, -0.25) is 9.28 Å². The molecule has 178 valence electrons. The van der Waals surface area contributed by atoms with Crippen molar-refractivity contribution in [1.29, 1.82) is 0 Å². The van der Waals surface area contributed by atoms with Gasteiger partial charge in [0.05, 0.1) is 32.2 Å². The Balaban J connectivity index is 1.28. The highest BCUT2D eigenvalue weighted by Crippen LogP contribution is 2.64. The number of benzene rings is 1. The Morgan fingerprint density at radius 3 is 2.82 bits per heavy atom. The van der Waals surface area contributed by atoms with Crippen molar-refractivity contribution in [3.63, 3.8) is 0 Å². The summed E-state index contributed by atoms with van der Waals surface area (Å²) in [6.07, 6.45) is 7.50. The lowest BCUT2D eigenvalue weighted by molar-refractivity contribution is -0.959. The first-order valence-electron chi connectivity index (χ1n) is 12.5. The Bertz CT molecular complexity index is 987. The highest BCUT2D eigenvalue weighted by molar-refractivity contribution is 5.89. The molecule has 1 spiro atoms. The quantitative estimate of drug-likeness (QED) is 0.506. The van der Waals surface area contributed by atoms with Crippen molar-refractivity contribution in [2.24, 2.45) is 5.92 Å².